The second-order valence-electron chi connectivity index (χ2n) is 6.45. The fourth-order valence-corrected chi connectivity index (χ4v) is 2.95. The van der Waals surface area contributed by atoms with Crippen molar-refractivity contribution < 1.29 is 14.6 Å². The Bertz CT molecular complexity index is 920. The molecule has 0 saturated carbocycles. The number of aryl methyl sites for hydroxylation is 1. The van der Waals surface area contributed by atoms with E-state index in [4.69, 9.17) is 9.84 Å². The lowest BCUT2D eigenvalue weighted by Gasteiger charge is -2.20. The highest BCUT2D eigenvalue weighted by Crippen LogP contribution is 2.22. The van der Waals surface area contributed by atoms with Crippen LogP contribution in [0, 0.1) is 6.92 Å². The number of fused-ring (bicyclic) bond motifs is 1. The van der Waals surface area contributed by atoms with Crippen molar-refractivity contribution >= 4 is 11.6 Å². The maximum absolute atomic E-state index is 11.1. The van der Waals surface area contributed by atoms with Gasteiger partial charge in [-0.15, -0.1) is 0 Å². The molecule has 0 aliphatic carbocycles. The Morgan fingerprint density at radius 1 is 1.23 bits per heavy atom. The zero-order valence-electron chi connectivity index (χ0n) is 15.2. The second-order valence-corrected chi connectivity index (χ2v) is 6.45. The average Bonchev–Trinajstić information content (AvgIpc) is 2.92. The Morgan fingerprint density at radius 3 is 2.73 bits per heavy atom. The first-order chi connectivity index (χ1) is 12.5. The van der Waals surface area contributed by atoms with Crippen LogP contribution in [0.25, 0.3) is 5.65 Å². The summed E-state index contributed by atoms with van der Waals surface area (Å²) in [7, 11) is 2.03. The lowest BCUT2D eigenvalue weighted by atomic mass is 10.2. The van der Waals surface area contributed by atoms with Gasteiger partial charge in [-0.05, 0) is 39.1 Å². The van der Waals surface area contributed by atoms with Crippen LogP contribution in [0.3, 0.4) is 0 Å². The van der Waals surface area contributed by atoms with Crippen molar-refractivity contribution in [1.82, 2.24) is 14.3 Å². The quantitative estimate of drug-likeness (QED) is 0.707. The van der Waals surface area contributed by atoms with E-state index in [0.717, 1.165) is 29.1 Å². The van der Waals surface area contributed by atoms with E-state index in [-0.39, 0.29) is 0 Å². The number of benzene rings is 1. The van der Waals surface area contributed by atoms with E-state index in [1.807, 2.05) is 62.6 Å². The molecule has 0 amide bonds. The predicted octanol–water partition coefficient (Wildman–Crippen LogP) is 3.13. The van der Waals surface area contributed by atoms with E-state index in [9.17, 15) is 4.79 Å². The zero-order valence-corrected chi connectivity index (χ0v) is 15.2. The molecule has 136 valence electrons. The minimum atomic E-state index is -0.977. The van der Waals surface area contributed by atoms with Crippen molar-refractivity contribution in [2.75, 3.05) is 7.05 Å². The number of carboxylic acid groups (broad SMARTS) is 1. The third-order valence-corrected chi connectivity index (χ3v) is 4.31. The third kappa shape index (κ3) is 3.86. The monoisotopic (exact) mass is 353 g/mol. The number of para-hydroxylation sites is 1. The lowest BCUT2D eigenvalue weighted by molar-refractivity contribution is -0.144. The number of imidazole rings is 1. The molecule has 0 aliphatic rings. The van der Waals surface area contributed by atoms with Gasteiger partial charge in [0.05, 0.1) is 11.4 Å². The molecule has 3 rings (SSSR count). The number of carboxylic acids is 1. The molecule has 1 N–H and O–H groups in total. The Balaban J connectivity index is 1.77. The Hall–Kier alpha value is -2.86. The van der Waals surface area contributed by atoms with E-state index >= 15 is 0 Å². The van der Waals surface area contributed by atoms with Gasteiger partial charge < -0.3 is 14.2 Å². The van der Waals surface area contributed by atoms with Crippen molar-refractivity contribution in [2.24, 2.45) is 0 Å². The SMILES string of the molecule is Cc1nc2ccccn2c1CN(C)Cc1ccccc1OC(C)C(=O)O. The van der Waals surface area contributed by atoms with Crippen LogP contribution in [-0.4, -0.2) is 38.5 Å². The van der Waals surface area contributed by atoms with Crippen LogP contribution in [0.2, 0.25) is 0 Å². The van der Waals surface area contributed by atoms with Gasteiger partial charge in [0.2, 0.25) is 0 Å². The molecule has 0 fully saturated rings. The number of pyridine rings is 1. The summed E-state index contributed by atoms with van der Waals surface area (Å²) in [5, 5.41) is 9.07. The molecule has 0 bridgehead atoms. The average molecular weight is 353 g/mol. The smallest absolute Gasteiger partial charge is 0.344 e. The molecule has 1 unspecified atom stereocenters. The number of ether oxygens (including phenoxy) is 1. The van der Waals surface area contributed by atoms with E-state index in [2.05, 4.69) is 14.3 Å². The largest absolute Gasteiger partial charge is 0.479 e. The maximum atomic E-state index is 11.1. The van der Waals surface area contributed by atoms with Gasteiger partial charge >= 0.3 is 5.97 Å². The van der Waals surface area contributed by atoms with Gasteiger partial charge in [0.15, 0.2) is 6.10 Å². The summed E-state index contributed by atoms with van der Waals surface area (Å²) >= 11 is 0. The number of aromatic nitrogens is 2. The van der Waals surface area contributed by atoms with Crippen LogP contribution in [-0.2, 0) is 17.9 Å². The molecule has 1 aromatic carbocycles. The van der Waals surface area contributed by atoms with E-state index in [1.54, 1.807) is 0 Å². The summed E-state index contributed by atoms with van der Waals surface area (Å²) in [5.41, 5.74) is 4.04. The highest BCUT2D eigenvalue weighted by molar-refractivity contribution is 5.72. The molecule has 0 aliphatic heterocycles. The number of hydrogen-bond acceptors (Lipinski definition) is 4. The molecule has 2 heterocycles. The molecular weight excluding hydrogens is 330 g/mol. The molecule has 0 spiro atoms. The van der Waals surface area contributed by atoms with Gasteiger partial charge in [0.1, 0.15) is 11.4 Å². The fraction of sp³-hybridized carbons (Fsp3) is 0.300. The van der Waals surface area contributed by atoms with Crippen LogP contribution < -0.4 is 4.74 Å². The van der Waals surface area contributed by atoms with E-state index in [0.29, 0.717) is 12.3 Å². The second kappa shape index (κ2) is 7.58. The summed E-state index contributed by atoms with van der Waals surface area (Å²) in [6, 6.07) is 13.5. The molecule has 26 heavy (non-hydrogen) atoms. The highest BCUT2D eigenvalue weighted by Gasteiger charge is 2.16. The molecule has 2 aromatic heterocycles. The molecular formula is C20H23N3O3. The summed E-state index contributed by atoms with van der Waals surface area (Å²) in [4.78, 5) is 17.8. The number of carbonyl (C=O) groups is 1. The first-order valence-corrected chi connectivity index (χ1v) is 8.54. The molecule has 3 aromatic rings. The molecule has 1 atom stereocenters. The molecule has 6 nitrogen and oxygen atoms in total. The molecule has 6 heteroatoms. The minimum Gasteiger partial charge on any atom is -0.479 e. The van der Waals surface area contributed by atoms with Gasteiger partial charge in [0.25, 0.3) is 0 Å². The Morgan fingerprint density at radius 2 is 1.96 bits per heavy atom. The molecule has 0 radical (unpaired) electrons. The van der Waals surface area contributed by atoms with Gasteiger partial charge in [0, 0.05) is 24.8 Å². The third-order valence-electron chi connectivity index (χ3n) is 4.31. The normalized spacial score (nSPS) is 12.5. The van der Waals surface area contributed by atoms with Gasteiger partial charge in [-0.25, -0.2) is 9.78 Å². The minimum absolute atomic E-state index is 0.601. The summed E-state index contributed by atoms with van der Waals surface area (Å²) in [6.45, 7) is 4.91. The number of rotatable bonds is 7. The Labute approximate surface area is 152 Å². The van der Waals surface area contributed by atoms with E-state index < -0.39 is 12.1 Å². The summed E-state index contributed by atoms with van der Waals surface area (Å²) < 4.78 is 7.69. The Kier molecular flexibility index (Phi) is 5.23. The van der Waals surface area contributed by atoms with Gasteiger partial charge in [-0.1, -0.05) is 24.3 Å². The summed E-state index contributed by atoms with van der Waals surface area (Å²) in [5.74, 6) is -0.376. The number of aliphatic carboxylic acids is 1. The first kappa shape index (κ1) is 17.9. The van der Waals surface area contributed by atoms with Crippen molar-refractivity contribution in [3.05, 3.63) is 65.6 Å². The number of hydrogen-bond donors (Lipinski definition) is 1. The predicted molar refractivity (Wildman–Crippen MR) is 99.3 cm³/mol. The van der Waals surface area contributed by atoms with Crippen molar-refractivity contribution in [2.45, 2.75) is 33.0 Å². The van der Waals surface area contributed by atoms with Crippen LogP contribution in [0.1, 0.15) is 23.9 Å². The maximum Gasteiger partial charge on any atom is 0.344 e. The number of nitrogens with zero attached hydrogens (tertiary/aromatic N) is 3. The van der Waals surface area contributed by atoms with Crippen LogP contribution in [0.5, 0.6) is 5.75 Å². The van der Waals surface area contributed by atoms with Crippen molar-refractivity contribution in [3.8, 4) is 5.75 Å². The summed E-state index contributed by atoms with van der Waals surface area (Å²) in [6.07, 6.45) is 1.13. The van der Waals surface area contributed by atoms with Crippen LogP contribution in [0.15, 0.2) is 48.7 Å². The van der Waals surface area contributed by atoms with E-state index in [1.165, 1.54) is 6.92 Å². The van der Waals surface area contributed by atoms with Crippen LogP contribution in [0.4, 0.5) is 0 Å². The molecule has 0 saturated heterocycles. The fourth-order valence-electron chi connectivity index (χ4n) is 2.95. The lowest BCUT2D eigenvalue weighted by Crippen LogP contribution is -2.24. The van der Waals surface area contributed by atoms with Gasteiger partial charge in [-0.2, -0.15) is 0 Å². The standard InChI is InChI=1S/C20H23N3O3/c1-14-17(23-11-7-6-10-19(23)21-14)13-22(3)12-16-8-4-5-9-18(16)26-15(2)20(24)25/h4-11,15H,12-13H2,1-3H3,(H,24,25). The van der Waals surface area contributed by atoms with Crippen LogP contribution >= 0.6 is 0 Å². The van der Waals surface area contributed by atoms with Crippen molar-refractivity contribution in [3.63, 3.8) is 0 Å². The first-order valence-electron chi connectivity index (χ1n) is 8.54. The zero-order chi connectivity index (χ0) is 18.7. The van der Waals surface area contributed by atoms with Gasteiger partial charge in [-0.3, -0.25) is 4.90 Å². The topological polar surface area (TPSA) is 67.1 Å². The highest BCUT2D eigenvalue weighted by atomic mass is 16.5. The van der Waals surface area contributed by atoms with Crippen molar-refractivity contribution in [1.29, 1.82) is 0 Å².